The molecule has 0 radical (unpaired) electrons. The molecule has 4 aromatic rings. The first-order valence-electron chi connectivity index (χ1n) is 10.6. The molecule has 0 bridgehead atoms. The van der Waals surface area contributed by atoms with Crippen molar-refractivity contribution < 1.29 is 18.8 Å². The number of aromatic nitrogens is 6. The lowest BCUT2D eigenvalue weighted by Gasteiger charge is -2.18. The van der Waals surface area contributed by atoms with Crippen molar-refractivity contribution in [2.45, 2.75) is 20.0 Å². The molecular weight excluding hydrogens is 470 g/mol. The quantitative estimate of drug-likeness (QED) is 0.359. The minimum Gasteiger partial charge on any atom is -0.494 e. The summed E-state index contributed by atoms with van der Waals surface area (Å²) in [5, 5.41) is 19.1. The van der Waals surface area contributed by atoms with Gasteiger partial charge in [0.05, 0.1) is 37.6 Å². The summed E-state index contributed by atoms with van der Waals surface area (Å²) in [6.45, 7) is 3.72. The molecule has 0 spiro atoms. The van der Waals surface area contributed by atoms with E-state index in [1.165, 1.54) is 6.20 Å². The summed E-state index contributed by atoms with van der Waals surface area (Å²) in [7, 11) is 1.34. The minimum atomic E-state index is -1.74. The summed E-state index contributed by atoms with van der Waals surface area (Å²) < 4.78 is 28.7. The Balaban J connectivity index is 1.74. The van der Waals surface area contributed by atoms with Crippen molar-refractivity contribution >= 4 is 16.9 Å². The van der Waals surface area contributed by atoms with Crippen molar-refractivity contribution in [2.24, 2.45) is 0 Å². The van der Waals surface area contributed by atoms with Gasteiger partial charge in [-0.2, -0.15) is 0 Å². The Kier molecular flexibility index (Phi) is 7.32. The monoisotopic (exact) mass is 495 g/mol. The van der Waals surface area contributed by atoms with Crippen molar-refractivity contribution in [1.82, 2.24) is 29.7 Å². The van der Waals surface area contributed by atoms with E-state index in [1.54, 1.807) is 62.5 Å². The van der Waals surface area contributed by atoms with Gasteiger partial charge >= 0.3 is 0 Å². The van der Waals surface area contributed by atoms with Gasteiger partial charge in [-0.25, -0.2) is 4.21 Å². The van der Waals surface area contributed by atoms with Crippen molar-refractivity contribution in [3.8, 4) is 28.6 Å². The predicted molar refractivity (Wildman–Crippen MR) is 131 cm³/mol. The molecule has 12 heteroatoms. The fourth-order valence-electron chi connectivity index (χ4n) is 3.43. The Morgan fingerprint density at radius 1 is 1.06 bits per heavy atom. The lowest BCUT2D eigenvalue weighted by Crippen LogP contribution is -2.18. The molecule has 0 fully saturated rings. The summed E-state index contributed by atoms with van der Waals surface area (Å²) in [5.41, 5.74) is 3.19. The van der Waals surface area contributed by atoms with E-state index in [9.17, 15) is 9.32 Å². The number of methoxy groups -OCH3 is 2. The van der Waals surface area contributed by atoms with Crippen LogP contribution in [0.4, 0.5) is 5.95 Å². The number of hydrogen-bond acceptors (Lipinski definition) is 9. The van der Waals surface area contributed by atoms with Gasteiger partial charge in [-0.3, -0.25) is 24.2 Å². The van der Waals surface area contributed by atoms with Crippen LogP contribution < -0.4 is 14.2 Å². The molecule has 2 atom stereocenters. The number of aryl methyl sites for hydroxylation is 2. The highest BCUT2D eigenvalue weighted by molar-refractivity contribution is 7.86. The first-order chi connectivity index (χ1) is 16.9. The molecule has 182 valence electrons. The van der Waals surface area contributed by atoms with Crippen molar-refractivity contribution in [2.75, 3.05) is 24.7 Å². The van der Waals surface area contributed by atoms with E-state index in [0.717, 1.165) is 11.3 Å². The first-order valence-corrected chi connectivity index (χ1v) is 11.9. The van der Waals surface area contributed by atoms with E-state index in [-0.39, 0.29) is 11.7 Å². The van der Waals surface area contributed by atoms with Crippen LogP contribution in [0.25, 0.3) is 17.1 Å². The summed E-state index contributed by atoms with van der Waals surface area (Å²) in [5.74, 6) is 1.46. The minimum absolute atomic E-state index is 0.144. The SMILES string of the molecule is COc1cccc(OC)c1-n1c(NS(=O)CC(O)c2cnc(C)cn2)nnc1-c1cncc(C)c1. The maximum absolute atomic E-state index is 13.0. The molecule has 35 heavy (non-hydrogen) atoms. The van der Waals surface area contributed by atoms with Crippen LogP contribution in [0.5, 0.6) is 11.5 Å². The van der Waals surface area contributed by atoms with Gasteiger partial charge in [0.2, 0.25) is 5.95 Å². The topological polar surface area (TPSA) is 137 Å². The number of anilines is 1. The summed E-state index contributed by atoms with van der Waals surface area (Å²) in [6, 6.07) is 7.26. The average molecular weight is 496 g/mol. The smallest absolute Gasteiger partial charge is 0.241 e. The number of para-hydroxylation sites is 1. The number of aliphatic hydroxyl groups is 1. The zero-order valence-corrected chi connectivity index (χ0v) is 20.5. The van der Waals surface area contributed by atoms with Gasteiger partial charge in [-0.1, -0.05) is 6.07 Å². The van der Waals surface area contributed by atoms with Crippen molar-refractivity contribution in [3.05, 3.63) is 66.0 Å². The Labute approximate surface area is 204 Å². The Morgan fingerprint density at radius 2 is 1.80 bits per heavy atom. The number of rotatable bonds is 9. The maximum Gasteiger partial charge on any atom is 0.241 e. The highest BCUT2D eigenvalue weighted by Crippen LogP contribution is 2.37. The fourth-order valence-corrected chi connectivity index (χ4v) is 4.30. The third kappa shape index (κ3) is 5.28. The molecule has 2 N–H and O–H groups in total. The number of pyridine rings is 1. The second-order valence-corrected chi connectivity index (χ2v) is 8.89. The zero-order chi connectivity index (χ0) is 24.9. The molecule has 3 aromatic heterocycles. The number of nitrogens with one attached hydrogen (secondary N) is 1. The third-order valence-electron chi connectivity index (χ3n) is 5.08. The fraction of sp³-hybridized carbons (Fsp3) is 0.261. The standard InChI is InChI=1S/C23H25N7O4S/c1-14-8-16(11-24-9-14)22-27-28-23(30(22)21-19(33-3)6-5-7-20(21)34-4)29-35(32)13-18(31)17-12-25-15(2)10-26-17/h5-12,18,31H,13H2,1-4H3,(H,28,29). The second-order valence-electron chi connectivity index (χ2n) is 7.66. The van der Waals surface area contributed by atoms with E-state index in [2.05, 4.69) is 29.9 Å². The second kappa shape index (κ2) is 10.6. The van der Waals surface area contributed by atoms with Crippen molar-refractivity contribution in [3.63, 3.8) is 0 Å². The Bertz CT molecular complexity index is 1320. The van der Waals surface area contributed by atoms with Crippen molar-refractivity contribution in [1.29, 1.82) is 0 Å². The number of ether oxygens (including phenoxy) is 2. The summed E-state index contributed by atoms with van der Waals surface area (Å²) in [4.78, 5) is 12.5. The maximum atomic E-state index is 13.0. The predicted octanol–water partition coefficient (Wildman–Crippen LogP) is 2.56. The average Bonchev–Trinajstić information content (AvgIpc) is 3.26. The van der Waals surface area contributed by atoms with Crippen LogP contribution in [0.2, 0.25) is 0 Å². The van der Waals surface area contributed by atoms with Gasteiger partial charge < -0.3 is 14.6 Å². The molecule has 0 saturated heterocycles. The highest BCUT2D eigenvalue weighted by atomic mass is 32.2. The van der Waals surface area contributed by atoms with Crippen LogP contribution in [0, 0.1) is 13.8 Å². The van der Waals surface area contributed by atoms with Crippen LogP contribution in [0.15, 0.2) is 49.1 Å². The normalized spacial score (nSPS) is 12.7. The van der Waals surface area contributed by atoms with Gasteiger partial charge in [0.15, 0.2) is 5.82 Å². The van der Waals surface area contributed by atoms with Gasteiger partial charge in [0.1, 0.15) is 34.3 Å². The molecule has 0 saturated carbocycles. The summed E-state index contributed by atoms with van der Waals surface area (Å²) >= 11 is 0. The van der Waals surface area contributed by atoms with Crippen LogP contribution in [-0.4, -0.2) is 59.0 Å². The Hall–Kier alpha value is -3.90. The van der Waals surface area contributed by atoms with E-state index in [0.29, 0.717) is 34.3 Å². The van der Waals surface area contributed by atoms with E-state index in [1.807, 2.05) is 13.0 Å². The molecular formula is C23H25N7O4S. The van der Waals surface area contributed by atoms with Crippen LogP contribution in [-0.2, 0) is 11.0 Å². The largest absolute Gasteiger partial charge is 0.494 e. The molecule has 4 rings (SSSR count). The Morgan fingerprint density at radius 3 is 2.43 bits per heavy atom. The molecule has 3 heterocycles. The molecule has 0 aliphatic heterocycles. The van der Waals surface area contributed by atoms with Gasteiger partial charge in [-0.15, -0.1) is 10.2 Å². The molecule has 0 amide bonds. The zero-order valence-electron chi connectivity index (χ0n) is 19.7. The summed E-state index contributed by atoms with van der Waals surface area (Å²) in [6.07, 6.45) is 5.31. The molecule has 1 aromatic carbocycles. The number of nitrogens with zero attached hydrogens (tertiary/aromatic N) is 6. The first kappa shape index (κ1) is 24.2. The third-order valence-corrected chi connectivity index (χ3v) is 6.11. The number of hydrogen-bond donors (Lipinski definition) is 2. The van der Waals surface area contributed by atoms with Crippen LogP contribution in [0.1, 0.15) is 23.1 Å². The lowest BCUT2D eigenvalue weighted by atomic mass is 10.2. The number of benzene rings is 1. The van der Waals surface area contributed by atoms with Gasteiger partial charge in [-0.05, 0) is 37.6 Å². The molecule has 0 aliphatic rings. The van der Waals surface area contributed by atoms with E-state index >= 15 is 0 Å². The lowest BCUT2D eigenvalue weighted by molar-refractivity contribution is 0.197. The molecule has 0 aliphatic carbocycles. The van der Waals surface area contributed by atoms with Gasteiger partial charge in [0, 0.05) is 24.2 Å². The van der Waals surface area contributed by atoms with Gasteiger partial charge in [0.25, 0.3) is 0 Å². The van der Waals surface area contributed by atoms with E-state index < -0.39 is 17.1 Å². The van der Waals surface area contributed by atoms with Crippen LogP contribution in [0.3, 0.4) is 0 Å². The molecule has 2 unspecified atom stereocenters. The highest BCUT2D eigenvalue weighted by Gasteiger charge is 2.24. The number of aliphatic hydroxyl groups excluding tert-OH is 1. The van der Waals surface area contributed by atoms with Crippen LogP contribution >= 0.6 is 0 Å². The molecule has 11 nitrogen and oxygen atoms in total. The van der Waals surface area contributed by atoms with E-state index in [4.69, 9.17) is 9.47 Å².